The number of benzene rings is 1. The van der Waals surface area contributed by atoms with Crippen LogP contribution in [0, 0.1) is 0 Å². The molecule has 112 valence electrons. The average molecular weight is 379 g/mol. The predicted molar refractivity (Wildman–Crippen MR) is 91.0 cm³/mol. The minimum atomic E-state index is -0.849. The molecule has 3 heterocycles. The van der Waals surface area contributed by atoms with Gasteiger partial charge in [-0.3, -0.25) is 0 Å². The van der Waals surface area contributed by atoms with E-state index in [1.165, 1.54) is 0 Å². The lowest BCUT2D eigenvalue weighted by Crippen LogP contribution is -2.56. The first kappa shape index (κ1) is 14.2. The van der Waals surface area contributed by atoms with E-state index in [4.69, 9.17) is 11.6 Å². The van der Waals surface area contributed by atoms with E-state index in [2.05, 4.69) is 31.2 Å². The summed E-state index contributed by atoms with van der Waals surface area (Å²) in [5, 5.41) is 15.1. The van der Waals surface area contributed by atoms with E-state index in [1.807, 2.05) is 30.5 Å². The Morgan fingerprint density at radius 1 is 1.27 bits per heavy atom. The largest absolute Gasteiger partial charge is 0.382 e. The van der Waals surface area contributed by atoms with Crippen LogP contribution in [-0.2, 0) is 5.60 Å². The first-order valence-corrected chi connectivity index (χ1v) is 8.11. The topological polar surface area (TPSA) is 60.9 Å². The first-order chi connectivity index (χ1) is 10.6. The van der Waals surface area contributed by atoms with Crippen LogP contribution in [0.25, 0.3) is 22.2 Å². The standard InChI is InChI=1S/C16H13BrClN3O/c17-12-6-21-15-14(12)10(3-4-20-15)9-1-2-11(13(18)5-9)16(22)7-19-8-16/h1-6,19,22H,7-8H2,(H,20,21). The van der Waals surface area contributed by atoms with Gasteiger partial charge in [0.15, 0.2) is 0 Å². The van der Waals surface area contributed by atoms with E-state index in [1.54, 1.807) is 6.20 Å². The lowest BCUT2D eigenvalue weighted by atomic mass is 9.87. The van der Waals surface area contributed by atoms with Crippen LogP contribution in [-0.4, -0.2) is 28.2 Å². The molecule has 3 aromatic rings. The average Bonchev–Trinajstić information content (AvgIpc) is 2.86. The molecule has 3 N–H and O–H groups in total. The summed E-state index contributed by atoms with van der Waals surface area (Å²) in [6.07, 6.45) is 3.64. The molecule has 2 aromatic heterocycles. The van der Waals surface area contributed by atoms with Crippen LogP contribution in [0.2, 0.25) is 5.02 Å². The minimum Gasteiger partial charge on any atom is -0.382 e. The molecule has 0 aliphatic carbocycles. The molecule has 4 nitrogen and oxygen atoms in total. The van der Waals surface area contributed by atoms with Gasteiger partial charge in [-0.1, -0.05) is 23.7 Å². The second-order valence-corrected chi connectivity index (χ2v) is 6.81. The maximum atomic E-state index is 10.4. The molecule has 1 saturated heterocycles. The van der Waals surface area contributed by atoms with Gasteiger partial charge in [0.1, 0.15) is 11.2 Å². The molecule has 0 saturated carbocycles. The quantitative estimate of drug-likeness (QED) is 0.640. The zero-order valence-corrected chi connectivity index (χ0v) is 13.9. The second kappa shape index (κ2) is 5.06. The molecule has 0 spiro atoms. The minimum absolute atomic E-state index is 0.537. The van der Waals surface area contributed by atoms with Crippen molar-refractivity contribution in [3.05, 3.63) is 51.7 Å². The third kappa shape index (κ3) is 2.08. The highest BCUT2D eigenvalue weighted by molar-refractivity contribution is 9.10. The van der Waals surface area contributed by atoms with Gasteiger partial charge in [0.2, 0.25) is 0 Å². The van der Waals surface area contributed by atoms with E-state index in [9.17, 15) is 5.11 Å². The Bertz CT molecular complexity index is 873. The number of aliphatic hydroxyl groups is 1. The number of β-amino-alcohol motifs (C(OH)–C–C–N with tert-alkyl or cyclic N) is 1. The third-order valence-corrected chi connectivity index (χ3v) is 5.08. The Kier molecular flexibility index (Phi) is 3.27. The van der Waals surface area contributed by atoms with Crippen LogP contribution in [0.1, 0.15) is 5.56 Å². The smallest absolute Gasteiger partial charge is 0.139 e. The van der Waals surface area contributed by atoms with Crippen LogP contribution in [0.5, 0.6) is 0 Å². The van der Waals surface area contributed by atoms with E-state index >= 15 is 0 Å². The monoisotopic (exact) mass is 377 g/mol. The van der Waals surface area contributed by atoms with E-state index in [0.717, 1.165) is 32.2 Å². The summed E-state index contributed by atoms with van der Waals surface area (Å²) in [5.74, 6) is 0. The summed E-state index contributed by atoms with van der Waals surface area (Å²) in [5.41, 5.74) is 2.79. The number of hydrogen-bond donors (Lipinski definition) is 3. The molecule has 0 bridgehead atoms. The number of rotatable bonds is 2. The highest BCUT2D eigenvalue weighted by Crippen LogP contribution is 2.37. The van der Waals surface area contributed by atoms with Crippen molar-refractivity contribution in [3.8, 4) is 11.1 Å². The summed E-state index contributed by atoms with van der Waals surface area (Å²) in [6, 6.07) is 7.77. The van der Waals surface area contributed by atoms with Crippen LogP contribution >= 0.6 is 27.5 Å². The normalized spacial score (nSPS) is 16.7. The van der Waals surface area contributed by atoms with Crippen LogP contribution < -0.4 is 5.32 Å². The number of fused-ring (bicyclic) bond motifs is 1. The fraction of sp³-hybridized carbons (Fsp3) is 0.188. The molecule has 22 heavy (non-hydrogen) atoms. The first-order valence-electron chi connectivity index (χ1n) is 6.93. The van der Waals surface area contributed by atoms with Crippen LogP contribution in [0.3, 0.4) is 0 Å². The fourth-order valence-electron chi connectivity index (χ4n) is 2.87. The Hall–Kier alpha value is -1.40. The maximum Gasteiger partial charge on any atom is 0.139 e. The maximum absolute atomic E-state index is 10.4. The fourth-order valence-corrected chi connectivity index (χ4v) is 3.74. The summed E-state index contributed by atoms with van der Waals surface area (Å²) in [7, 11) is 0. The molecular formula is C16H13BrClN3O. The molecule has 1 fully saturated rings. The van der Waals surface area contributed by atoms with Crippen molar-refractivity contribution in [2.75, 3.05) is 13.1 Å². The zero-order valence-electron chi connectivity index (χ0n) is 11.5. The molecule has 1 aliphatic rings. The molecule has 0 amide bonds. The Labute approximate surface area is 140 Å². The van der Waals surface area contributed by atoms with Gasteiger partial charge >= 0.3 is 0 Å². The van der Waals surface area contributed by atoms with Gasteiger partial charge in [0.05, 0.1) is 0 Å². The van der Waals surface area contributed by atoms with Gasteiger partial charge in [-0.25, -0.2) is 4.98 Å². The Balaban J connectivity index is 1.86. The van der Waals surface area contributed by atoms with Gasteiger partial charge in [0, 0.05) is 45.9 Å². The van der Waals surface area contributed by atoms with Gasteiger partial charge < -0.3 is 15.4 Å². The lowest BCUT2D eigenvalue weighted by molar-refractivity contribution is -0.0145. The molecule has 6 heteroatoms. The van der Waals surface area contributed by atoms with Crippen molar-refractivity contribution in [3.63, 3.8) is 0 Å². The zero-order chi connectivity index (χ0) is 15.3. The summed E-state index contributed by atoms with van der Waals surface area (Å²) >= 11 is 9.97. The number of aromatic amines is 1. The number of nitrogens with zero attached hydrogens (tertiary/aromatic N) is 1. The van der Waals surface area contributed by atoms with Crippen molar-refractivity contribution in [2.24, 2.45) is 0 Å². The van der Waals surface area contributed by atoms with Crippen molar-refractivity contribution >= 4 is 38.6 Å². The molecule has 0 radical (unpaired) electrons. The SMILES string of the molecule is OC1(c2ccc(-c3ccnc4[nH]cc(Br)c34)cc2Cl)CNC1. The summed E-state index contributed by atoms with van der Waals surface area (Å²) in [4.78, 5) is 7.45. The van der Waals surface area contributed by atoms with Gasteiger partial charge in [0.25, 0.3) is 0 Å². The number of nitrogens with one attached hydrogen (secondary N) is 2. The van der Waals surface area contributed by atoms with Crippen molar-refractivity contribution in [1.29, 1.82) is 0 Å². The van der Waals surface area contributed by atoms with Gasteiger partial charge in [-0.15, -0.1) is 0 Å². The molecular weight excluding hydrogens is 366 g/mol. The van der Waals surface area contributed by atoms with E-state index in [0.29, 0.717) is 18.1 Å². The molecule has 0 atom stereocenters. The number of pyridine rings is 1. The van der Waals surface area contributed by atoms with E-state index < -0.39 is 5.60 Å². The molecule has 1 aliphatic heterocycles. The highest BCUT2D eigenvalue weighted by atomic mass is 79.9. The van der Waals surface area contributed by atoms with Crippen LogP contribution in [0.4, 0.5) is 0 Å². The number of aromatic nitrogens is 2. The highest BCUT2D eigenvalue weighted by Gasteiger charge is 2.37. The lowest BCUT2D eigenvalue weighted by Gasteiger charge is -2.38. The van der Waals surface area contributed by atoms with Crippen molar-refractivity contribution < 1.29 is 5.11 Å². The predicted octanol–water partition coefficient (Wildman–Crippen LogP) is 3.44. The van der Waals surface area contributed by atoms with Gasteiger partial charge in [-0.05, 0) is 39.2 Å². The van der Waals surface area contributed by atoms with Crippen LogP contribution in [0.15, 0.2) is 41.1 Å². The van der Waals surface area contributed by atoms with Crippen molar-refractivity contribution in [1.82, 2.24) is 15.3 Å². The summed E-state index contributed by atoms with van der Waals surface area (Å²) in [6.45, 7) is 1.07. The van der Waals surface area contributed by atoms with E-state index in [-0.39, 0.29) is 0 Å². The molecule has 0 unspecified atom stereocenters. The second-order valence-electron chi connectivity index (χ2n) is 5.55. The number of H-pyrrole nitrogens is 1. The van der Waals surface area contributed by atoms with Gasteiger partial charge in [-0.2, -0.15) is 0 Å². The Morgan fingerprint density at radius 3 is 2.77 bits per heavy atom. The Morgan fingerprint density at radius 2 is 2.09 bits per heavy atom. The number of hydrogen-bond acceptors (Lipinski definition) is 3. The number of halogens is 2. The van der Waals surface area contributed by atoms with Crippen molar-refractivity contribution in [2.45, 2.75) is 5.60 Å². The summed E-state index contributed by atoms with van der Waals surface area (Å²) < 4.78 is 0.965. The third-order valence-electron chi connectivity index (χ3n) is 4.14. The molecule has 1 aromatic carbocycles. The molecule has 4 rings (SSSR count).